The van der Waals surface area contributed by atoms with Gasteiger partial charge in [-0.3, -0.25) is 9.59 Å². The van der Waals surface area contributed by atoms with Crippen LogP contribution in [-0.2, 0) is 16.0 Å². The van der Waals surface area contributed by atoms with Gasteiger partial charge in [0.1, 0.15) is 5.75 Å². The van der Waals surface area contributed by atoms with Crippen LogP contribution >= 0.6 is 0 Å². The monoisotopic (exact) mass is 330 g/mol. The first-order chi connectivity index (χ1) is 11.7. The minimum atomic E-state index is -0.0580. The Morgan fingerprint density at radius 3 is 2.62 bits per heavy atom. The fraction of sp³-hybridized carbons (Fsp3) is 0.579. The molecular weight excluding hydrogens is 304 g/mol. The van der Waals surface area contributed by atoms with Crippen molar-refractivity contribution < 1.29 is 14.3 Å². The maximum atomic E-state index is 12.5. The lowest BCUT2D eigenvalue weighted by molar-refractivity contribution is -0.135. The van der Waals surface area contributed by atoms with Crippen molar-refractivity contribution in [2.45, 2.75) is 32.1 Å². The molecule has 5 heteroatoms. The lowest BCUT2D eigenvalue weighted by Gasteiger charge is -2.32. The average Bonchev–Trinajstić information content (AvgIpc) is 3.45. The molecule has 1 aromatic carbocycles. The van der Waals surface area contributed by atoms with Crippen molar-refractivity contribution in [3.8, 4) is 5.75 Å². The topological polar surface area (TPSA) is 58.6 Å². The molecular formula is C19H26N2O3. The number of rotatable bonds is 6. The maximum Gasteiger partial charge on any atom is 0.227 e. The number of nitrogens with zero attached hydrogens (tertiary/aromatic N) is 1. The maximum absolute atomic E-state index is 12.5. The minimum Gasteiger partial charge on any atom is -0.497 e. The highest BCUT2D eigenvalue weighted by Crippen LogP contribution is 2.28. The summed E-state index contributed by atoms with van der Waals surface area (Å²) in [5.41, 5.74) is 0.973. The van der Waals surface area contributed by atoms with E-state index in [1.165, 1.54) is 12.8 Å². The molecule has 1 aromatic rings. The third kappa shape index (κ3) is 4.49. The highest BCUT2D eigenvalue weighted by atomic mass is 16.5. The number of carbonyl (C=O) groups is 2. The van der Waals surface area contributed by atoms with E-state index in [1.807, 2.05) is 29.2 Å². The summed E-state index contributed by atoms with van der Waals surface area (Å²) < 4.78 is 5.14. The molecule has 1 saturated carbocycles. The summed E-state index contributed by atoms with van der Waals surface area (Å²) in [5, 5.41) is 3.05. The van der Waals surface area contributed by atoms with Crippen LogP contribution in [0, 0.1) is 11.8 Å². The Kier molecular flexibility index (Phi) is 5.38. The van der Waals surface area contributed by atoms with E-state index in [0.717, 1.165) is 37.2 Å². The number of amides is 2. The van der Waals surface area contributed by atoms with Gasteiger partial charge in [0.05, 0.1) is 19.4 Å². The molecule has 1 aliphatic heterocycles. The van der Waals surface area contributed by atoms with Crippen LogP contribution in [0.3, 0.4) is 0 Å². The Morgan fingerprint density at radius 1 is 1.21 bits per heavy atom. The highest BCUT2D eigenvalue weighted by Gasteiger charge is 2.29. The highest BCUT2D eigenvalue weighted by molar-refractivity contribution is 5.82. The summed E-state index contributed by atoms with van der Waals surface area (Å²) in [6.45, 7) is 2.10. The van der Waals surface area contributed by atoms with Gasteiger partial charge in [-0.15, -0.1) is 0 Å². The molecule has 0 radical (unpaired) electrons. The van der Waals surface area contributed by atoms with Crippen molar-refractivity contribution in [3.63, 3.8) is 0 Å². The molecule has 2 amide bonds. The largest absolute Gasteiger partial charge is 0.497 e. The zero-order chi connectivity index (χ0) is 16.9. The predicted octanol–water partition coefficient (Wildman–Crippen LogP) is 2.00. The van der Waals surface area contributed by atoms with Crippen molar-refractivity contribution in [1.29, 1.82) is 0 Å². The van der Waals surface area contributed by atoms with Crippen molar-refractivity contribution in [1.82, 2.24) is 10.2 Å². The lowest BCUT2D eigenvalue weighted by Crippen LogP contribution is -2.46. The molecule has 0 unspecified atom stereocenters. The van der Waals surface area contributed by atoms with E-state index < -0.39 is 0 Å². The van der Waals surface area contributed by atoms with Gasteiger partial charge in [0, 0.05) is 19.6 Å². The summed E-state index contributed by atoms with van der Waals surface area (Å²) in [4.78, 5) is 26.6. The normalized spacial score (nSPS) is 20.5. The lowest BCUT2D eigenvalue weighted by atomic mass is 9.96. The molecule has 0 aromatic heterocycles. The molecule has 1 saturated heterocycles. The summed E-state index contributed by atoms with van der Waals surface area (Å²) in [6, 6.07) is 7.57. The Morgan fingerprint density at radius 2 is 1.96 bits per heavy atom. The van der Waals surface area contributed by atoms with Gasteiger partial charge in [0.2, 0.25) is 11.8 Å². The van der Waals surface area contributed by atoms with Crippen LogP contribution in [0.2, 0.25) is 0 Å². The van der Waals surface area contributed by atoms with E-state index in [1.54, 1.807) is 7.11 Å². The van der Waals surface area contributed by atoms with Crippen LogP contribution in [0.15, 0.2) is 24.3 Å². The number of hydrogen-bond acceptors (Lipinski definition) is 3. The quantitative estimate of drug-likeness (QED) is 0.868. The number of likely N-dealkylation sites (tertiary alicyclic amines) is 1. The number of ether oxygens (including phenoxy) is 1. The van der Waals surface area contributed by atoms with Crippen molar-refractivity contribution in [2.75, 3.05) is 26.7 Å². The smallest absolute Gasteiger partial charge is 0.227 e. The van der Waals surface area contributed by atoms with E-state index in [0.29, 0.717) is 18.9 Å². The SMILES string of the molecule is COc1ccc(CC(=O)N2CCC[C@H](C(=O)NCC3CC3)C2)cc1. The Labute approximate surface area is 143 Å². The molecule has 130 valence electrons. The van der Waals surface area contributed by atoms with Gasteiger partial charge in [-0.1, -0.05) is 12.1 Å². The molecule has 1 aliphatic carbocycles. The van der Waals surface area contributed by atoms with E-state index in [9.17, 15) is 9.59 Å². The van der Waals surface area contributed by atoms with Crippen LogP contribution in [0.4, 0.5) is 0 Å². The van der Waals surface area contributed by atoms with E-state index in [-0.39, 0.29) is 17.7 Å². The van der Waals surface area contributed by atoms with Crippen LogP contribution in [0.1, 0.15) is 31.2 Å². The number of hydrogen-bond donors (Lipinski definition) is 1. The number of nitrogens with one attached hydrogen (secondary N) is 1. The second-order valence-corrected chi connectivity index (χ2v) is 6.89. The third-order valence-electron chi connectivity index (χ3n) is 4.92. The van der Waals surface area contributed by atoms with Crippen LogP contribution in [-0.4, -0.2) is 43.5 Å². The molecule has 1 heterocycles. The van der Waals surface area contributed by atoms with E-state index in [4.69, 9.17) is 4.74 Å². The van der Waals surface area contributed by atoms with Crippen molar-refractivity contribution in [3.05, 3.63) is 29.8 Å². The fourth-order valence-corrected chi connectivity index (χ4v) is 3.16. The second kappa shape index (κ2) is 7.69. The molecule has 2 fully saturated rings. The zero-order valence-electron chi connectivity index (χ0n) is 14.3. The van der Waals surface area contributed by atoms with Gasteiger partial charge >= 0.3 is 0 Å². The second-order valence-electron chi connectivity index (χ2n) is 6.89. The molecule has 0 spiro atoms. The van der Waals surface area contributed by atoms with Crippen LogP contribution in [0.25, 0.3) is 0 Å². The van der Waals surface area contributed by atoms with Crippen LogP contribution in [0.5, 0.6) is 5.75 Å². The minimum absolute atomic E-state index is 0.0580. The van der Waals surface area contributed by atoms with Gasteiger partial charge in [-0.2, -0.15) is 0 Å². The standard InChI is InChI=1S/C19H26N2O3/c1-24-17-8-6-14(7-9-17)11-18(22)21-10-2-3-16(13-21)19(23)20-12-15-4-5-15/h6-9,15-16H,2-5,10-13H2,1H3,(H,20,23)/t16-/m0/s1. The average molecular weight is 330 g/mol. The molecule has 1 atom stereocenters. The summed E-state index contributed by atoms with van der Waals surface area (Å²) in [6.07, 6.45) is 4.62. The summed E-state index contributed by atoms with van der Waals surface area (Å²) in [7, 11) is 1.63. The number of carbonyl (C=O) groups excluding carboxylic acids is 2. The number of piperidine rings is 1. The van der Waals surface area contributed by atoms with Gasteiger partial charge in [0.15, 0.2) is 0 Å². The van der Waals surface area contributed by atoms with Gasteiger partial charge < -0.3 is 15.0 Å². The molecule has 0 bridgehead atoms. The molecule has 24 heavy (non-hydrogen) atoms. The Bertz CT molecular complexity index is 581. The number of benzene rings is 1. The van der Waals surface area contributed by atoms with Crippen molar-refractivity contribution in [2.24, 2.45) is 11.8 Å². The van der Waals surface area contributed by atoms with Gasteiger partial charge in [-0.05, 0) is 49.3 Å². The zero-order valence-corrected chi connectivity index (χ0v) is 14.3. The summed E-state index contributed by atoms with van der Waals surface area (Å²) >= 11 is 0. The molecule has 2 aliphatic rings. The predicted molar refractivity (Wildman–Crippen MR) is 91.7 cm³/mol. The Balaban J connectivity index is 1.50. The van der Waals surface area contributed by atoms with Crippen LogP contribution < -0.4 is 10.1 Å². The molecule has 3 rings (SSSR count). The first kappa shape index (κ1) is 16.8. The third-order valence-corrected chi connectivity index (χ3v) is 4.92. The molecule has 5 nitrogen and oxygen atoms in total. The fourth-order valence-electron chi connectivity index (χ4n) is 3.16. The van der Waals surface area contributed by atoms with Gasteiger partial charge in [-0.25, -0.2) is 0 Å². The number of methoxy groups -OCH3 is 1. The van der Waals surface area contributed by atoms with Crippen molar-refractivity contribution >= 4 is 11.8 Å². The first-order valence-corrected chi connectivity index (χ1v) is 8.84. The summed E-state index contributed by atoms with van der Waals surface area (Å²) in [5.74, 6) is 1.63. The molecule has 1 N–H and O–H groups in total. The van der Waals surface area contributed by atoms with E-state index in [2.05, 4.69) is 5.32 Å². The Hall–Kier alpha value is -2.04. The van der Waals surface area contributed by atoms with E-state index >= 15 is 0 Å². The first-order valence-electron chi connectivity index (χ1n) is 8.84. The van der Waals surface area contributed by atoms with Gasteiger partial charge in [0.25, 0.3) is 0 Å².